The highest BCUT2D eigenvalue weighted by molar-refractivity contribution is 5.94. The monoisotopic (exact) mass is 254 g/mol. The maximum Gasteiger partial charge on any atom is 0.168 e. The number of ether oxygens (including phenoxy) is 1. The summed E-state index contributed by atoms with van der Waals surface area (Å²) in [7, 11) is 0. The van der Waals surface area contributed by atoms with E-state index in [0.717, 1.165) is 18.4 Å². The largest absolute Gasteiger partial charge is 0.367 e. The minimum absolute atomic E-state index is 0.196. The predicted octanol–water partition coefficient (Wildman–Crippen LogP) is 3.52. The molecule has 1 heterocycles. The molecule has 1 aliphatic heterocycles. The van der Waals surface area contributed by atoms with Gasteiger partial charge >= 0.3 is 0 Å². The second-order valence-corrected chi connectivity index (χ2v) is 5.42. The Kier molecular flexibility index (Phi) is 3.11. The standard InChI is InChI=1S/C17H18O2/c1-17(10-5-11-19-17)16(18)12-14-8-4-7-13-6-2-3-9-15(13)14/h2-4,6-9H,5,10-12H2,1H3. The van der Waals surface area contributed by atoms with E-state index >= 15 is 0 Å². The lowest BCUT2D eigenvalue weighted by atomic mass is 9.91. The molecule has 0 aromatic heterocycles. The normalized spacial score (nSPS) is 22.8. The maximum absolute atomic E-state index is 12.5. The SMILES string of the molecule is CC1(C(=O)Cc2cccc3ccccc23)CCCO1. The molecule has 3 rings (SSSR count). The first-order chi connectivity index (χ1) is 9.19. The van der Waals surface area contributed by atoms with Gasteiger partial charge in [0.2, 0.25) is 0 Å². The summed E-state index contributed by atoms with van der Waals surface area (Å²) in [6.07, 6.45) is 2.28. The van der Waals surface area contributed by atoms with Gasteiger partial charge in [0.05, 0.1) is 0 Å². The van der Waals surface area contributed by atoms with Gasteiger partial charge in [0.25, 0.3) is 0 Å². The Hall–Kier alpha value is -1.67. The molecule has 1 saturated heterocycles. The number of rotatable bonds is 3. The average molecular weight is 254 g/mol. The molecule has 0 amide bonds. The summed E-state index contributed by atoms with van der Waals surface area (Å²) in [5.74, 6) is 0.196. The van der Waals surface area contributed by atoms with Crippen molar-refractivity contribution in [2.75, 3.05) is 6.61 Å². The summed E-state index contributed by atoms with van der Waals surface area (Å²) in [5.41, 5.74) is 0.525. The van der Waals surface area contributed by atoms with Crippen molar-refractivity contribution < 1.29 is 9.53 Å². The zero-order valence-electron chi connectivity index (χ0n) is 11.2. The quantitative estimate of drug-likeness (QED) is 0.837. The molecule has 1 aliphatic rings. The van der Waals surface area contributed by atoms with Gasteiger partial charge in [-0.25, -0.2) is 0 Å². The molecule has 0 bridgehead atoms. The van der Waals surface area contributed by atoms with Gasteiger partial charge in [-0.3, -0.25) is 4.79 Å². The van der Waals surface area contributed by atoms with Crippen LogP contribution in [0.2, 0.25) is 0 Å². The van der Waals surface area contributed by atoms with Gasteiger partial charge < -0.3 is 4.74 Å². The summed E-state index contributed by atoms with van der Waals surface area (Å²) in [6.45, 7) is 2.63. The van der Waals surface area contributed by atoms with Crippen LogP contribution < -0.4 is 0 Å². The van der Waals surface area contributed by atoms with Crippen LogP contribution in [-0.2, 0) is 16.0 Å². The molecule has 2 aromatic rings. The zero-order chi connectivity index (χ0) is 13.3. The fourth-order valence-electron chi connectivity index (χ4n) is 2.81. The highest BCUT2D eigenvalue weighted by Crippen LogP contribution is 2.28. The van der Waals surface area contributed by atoms with E-state index in [1.807, 2.05) is 31.2 Å². The van der Waals surface area contributed by atoms with Crippen LogP contribution in [0.1, 0.15) is 25.3 Å². The van der Waals surface area contributed by atoms with Crippen molar-refractivity contribution in [1.82, 2.24) is 0 Å². The number of ketones is 1. The Morgan fingerprint density at radius 1 is 1.21 bits per heavy atom. The van der Waals surface area contributed by atoms with Crippen LogP contribution in [-0.4, -0.2) is 18.0 Å². The fraction of sp³-hybridized carbons (Fsp3) is 0.353. The smallest absolute Gasteiger partial charge is 0.168 e. The highest BCUT2D eigenvalue weighted by Gasteiger charge is 2.37. The summed E-state index contributed by atoms with van der Waals surface area (Å²) < 4.78 is 5.64. The van der Waals surface area contributed by atoms with E-state index in [4.69, 9.17) is 4.74 Å². The molecular formula is C17H18O2. The van der Waals surface area contributed by atoms with Crippen LogP contribution in [0.4, 0.5) is 0 Å². The molecule has 19 heavy (non-hydrogen) atoms. The number of hydrogen-bond acceptors (Lipinski definition) is 2. The molecule has 98 valence electrons. The minimum Gasteiger partial charge on any atom is -0.367 e. The molecule has 0 saturated carbocycles. The van der Waals surface area contributed by atoms with Crippen LogP contribution in [0.25, 0.3) is 10.8 Å². The third-order valence-corrected chi connectivity index (χ3v) is 4.04. The van der Waals surface area contributed by atoms with Crippen molar-refractivity contribution >= 4 is 16.6 Å². The van der Waals surface area contributed by atoms with E-state index in [9.17, 15) is 4.79 Å². The van der Waals surface area contributed by atoms with Gasteiger partial charge in [-0.2, -0.15) is 0 Å². The fourth-order valence-corrected chi connectivity index (χ4v) is 2.81. The van der Waals surface area contributed by atoms with Crippen LogP contribution in [0.15, 0.2) is 42.5 Å². The number of benzene rings is 2. The van der Waals surface area contributed by atoms with E-state index in [-0.39, 0.29) is 5.78 Å². The van der Waals surface area contributed by atoms with Gasteiger partial charge in [-0.05, 0) is 36.1 Å². The first-order valence-corrected chi connectivity index (χ1v) is 6.83. The summed E-state index contributed by atoms with van der Waals surface area (Å²) in [6, 6.07) is 14.3. The Bertz CT molecular complexity index is 604. The third-order valence-electron chi connectivity index (χ3n) is 4.04. The van der Waals surface area contributed by atoms with Crippen molar-refractivity contribution in [1.29, 1.82) is 0 Å². The van der Waals surface area contributed by atoms with Crippen molar-refractivity contribution in [3.63, 3.8) is 0 Å². The van der Waals surface area contributed by atoms with Crippen LogP contribution in [0, 0.1) is 0 Å². The average Bonchev–Trinajstić information content (AvgIpc) is 2.87. The molecule has 1 fully saturated rings. The molecule has 0 aliphatic carbocycles. The lowest BCUT2D eigenvalue weighted by Crippen LogP contribution is -2.35. The summed E-state index contributed by atoms with van der Waals surface area (Å²) >= 11 is 0. The second-order valence-electron chi connectivity index (χ2n) is 5.42. The molecule has 2 nitrogen and oxygen atoms in total. The van der Waals surface area contributed by atoms with Crippen molar-refractivity contribution in [3.05, 3.63) is 48.0 Å². The van der Waals surface area contributed by atoms with Gasteiger partial charge in [-0.15, -0.1) is 0 Å². The van der Waals surface area contributed by atoms with Crippen LogP contribution in [0.3, 0.4) is 0 Å². The topological polar surface area (TPSA) is 26.3 Å². The molecule has 0 N–H and O–H groups in total. The maximum atomic E-state index is 12.5. The third kappa shape index (κ3) is 2.28. The van der Waals surface area contributed by atoms with Crippen molar-refractivity contribution in [2.24, 2.45) is 0 Å². The Labute approximate surface area is 113 Å². The molecule has 1 atom stereocenters. The zero-order valence-corrected chi connectivity index (χ0v) is 11.2. The number of carbonyl (C=O) groups is 1. The summed E-state index contributed by atoms with van der Waals surface area (Å²) in [5, 5.41) is 2.35. The number of carbonyl (C=O) groups excluding carboxylic acids is 1. The highest BCUT2D eigenvalue weighted by atomic mass is 16.5. The van der Waals surface area contributed by atoms with E-state index in [0.29, 0.717) is 13.0 Å². The molecule has 0 spiro atoms. The first-order valence-electron chi connectivity index (χ1n) is 6.83. The number of fused-ring (bicyclic) bond motifs is 1. The molecule has 0 radical (unpaired) electrons. The molecule has 2 heteroatoms. The minimum atomic E-state index is -0.572. The number of hydrogen-bond donors (Lipinski definition) is 0. The first kappa shape index (κ1) is 12.4. The predicted molar refractivity (Wildman–Crippen MR) is 76.3 cm³/mol. The van der Waals surface area contributed by atoms with Crippen LogP contribution in [0.5, 0.6) is 0 Å². The Balaban J connectivity index is 1.91. The lowest BCUT2D eigenvalue weighted by Gasteiger charge is -2.21. The van der Waals surface area contributed by atoms with Gasteiger partial charge in [0.1, 0.15) is 5.60 Å². The van der Waals surface area contributed by atoms with E-state index in [1.165, 1.54) is 10.8 Å². The van der Waals surface area contributed by atoms with Gasteiger partial charge in [-0.1, -0.05) is 42.5 Å². The van der Waals surface area contributed by atoms with Gasteiger partial charge in [0, 0.05) is 13.0 Å². The second kappa shape index (κ2) is 4.78. The lowest BCUT2D eigenvalue weighted by molar-refractivity contribution is -0.136. The molecule has 2 aromatic carbocycles. The Morgan fingerprint density at radius 3 is 2.79 bits per heavy atom. The Morgan fingerprint density at radius 2 is 2.00 bits per heavy atom. The van der Waals surface area contributed by atoms with Crippen molar-refractivity contribution in [3.8, 4) is 0 Å². The van der Waals surface area contributed by atoms with Gasteiger partial charge in [0.15, 0.2) is 5.78 Å². The van der Waals surface area contributed by atoms with E-state index in [2.05, 4.69) is 18.2 Å². The summed E-state index contributed by atoms with van der Waals surface area (Å²) in [4.78, 5) is 12.5. The van der Waals surface area contributed by atoms with Crippen molar-refractivity contribution in [2.45, 2.75) is 31.8 Å². The van der Waals surface area contributed by atoms with Crippen LogP contribution >= 0.6 is 0 Å². The molecule has 1 unspecified atom stereocenters. The van der Waals surface area contributed by atoms with E-state index in [1.54, 1.807) is 0 Å². The molecular weight excluding hydrogens is 236 g/mol. The van der Waals surface area contributed by atoms with E-state index < -0.39 is 5.60 Å². The number of Topliss-reactive ketones (excluding diaryl/α,β-unsaturated/α-hetero) is 1.